The van der Waals surface area contributed by atoms with E-state index in [1.807, 2.05) is 0 Å². The van der Waals surface area contributed by atoms with E-state index in [0.717, 1.165) is 6.54 Å². The SMILES string of the molecule is CCCCCCCCCCCCCCCCC[n+]1ccn(CC)c1CCCCCCCCC. The van der Waals surface area contributed by atoms with Gasteiger partial charge in [-0.1, -0.05) is 136 Å². The number of hydrogen-bond donors (Lipinski definition) is 0. The molecule has 0 radical (unpaired) electrons. The lowest BCUT2D eigenvalue weighted by molar-refractivity contribution is -0.704. The third-order valence-electron chi connectivity index (χ3n) is 7.44. The summed E-state index contributed by atoms with van der Waals surface area (Å²) in [5, 5.41) is 0. The van der Waals surface area contributed by atoms with Gasteiger partial charge in [-0.05, 0) is 26.2 Å². The van der Waals surface area contributed by atoms with E-state index in [2.05, 4.69) is 42.3 Å². The summed E-state index contributed by atoms with van der Waals surface area (Å²) in [6.45, 7) is 9.22. The Balaban J connectivity index is 2.01. The molecule has 2 heteroatoms. The van der Waals surface area contributed by atoms with Crippen LogP contribution in [0.1, 0.15) is 168 Å². The quantitative estimate of drug-likeness (QED) is 0.101. The van der Waals surface area contributed by atoms with Crippen LogP contribution in [0.25, 0.3) is 0 Å². The predicted molar refractivity (Wildman–Crippen MR) is 147 cm³/mol. The fourth-order valence-corrected chi connectivity index (χ4v) is 5.17. The fourth-order valence-electron chi connectivity index (χ4n) is 5.17. The van der Waals surface area contributed by atoms with Gasteiger partial charge in [0, 0.05) is 6.42 Å². The highest BCUT2D eigenvalue weighted by molar-refractivity contribution is 4.83. The summed E-state index contributed by atoms with van der Waals surface area (Å²) >= 11 is 0. The number of rotatable bonds is 25. The molecule has 0 amide bonds. The van der Waals surface area contributed by atoms with E-state index in [1.165, 1.54) is 154 Å². The molecule has 0 bridgehead atoms. The van der Waals surface area contributed by atoms with Gasteiger partial charge in [-0.3, -0.25) is 0 Å². The molecule has 0 aromatic carbocycles. The Morgan fingerprint density at radius 2 is 0.909 bits per heavy atom. The molecule has 0 aliphatic carbocycles. The van der Waals surface area contributed by atoms with Crippen LogP contribution in [0.3, 0.4) is 0 Å². The summed E-state index contributed by atoms with van der Waals surface area (Å²) < 4.78 is 5.03. The second-order valence-electron chi connectivity index (χ2n) is 10.5. The zero-order valence-electron chi connectivity index (χ0n) is 23.2. The Labute approximate surface area is 208 Å². The molecule has 0 aliphatic heterocycles. The number of unbranched alkanes of at least 4 members (excludes halogenated alkanes) is 20. The van der Waals surface area contributed by atoms with Crippen LogP contribution >= 0.6 is 0 Å². The monoisotopic (exact) mass is 461 g/mol. The number of nitrogens with zero attached hydrogens (tertiary/aromatic N) is 2. The standard InChI is InChI=1S/C31H61N2/c1-4-7-9-11-13-14-15-16-17-18-19-20-22-24-26-28-33-30-29-32(6-3)31(33)27-25-23-21-12-10-8-5-2/h29-30H,4-28H2,1-3H3/q+1. The first-order chi connectivity index (χ1) is 16.3. The molecule has 0 atom stereocenters. The van der Waals surface area contributed by atoms with Gasteiger partial charge in [0.15, 0.2) is 0 Å². The van der Waals surface area contributed by atoms with Crippen molar-refractivity contribution in [2.24, 2.45) is 0 Å². The van der Waals surface area contributed by atoms with Crippen LogP contribution in [0, 0.1) is 0 Å². The predicted octanol–water partition coefficient (Wildman–Crippen LogP) is 9.96. The Morgan fingerprint density at radius 3 is 1.33 bits per heavy atom. The van der Waals surface area contributed by atoms with Crippen molar-refractivity contribution < 1.29 is 4.57 Å². The molecule has 1 aromatic heterocycles. The maximum Gasteiger partial charge on any atom is 0.256 e. The Bertz CT molecular complexity index is 519. The van der Waals surface area contributed by atoms with Crippen LogP contribution in [0.4, 0.5) is 0 Å². The fraction of sp³-hybridized carbons (Fsp3) is 0.903. The first-order valence-electron chi connectivity index (χ1n) is 15.4. The first-order valence-corrected chi connectivity index (χ1v) is 15.4. The Kier molecular flexibility index (Phi) is 21.1. The molecule has 1 heterocycles. The van der Waals surface area contributed by atoms with Gasteiger partial charge in [-0.15, -0.1) is 0 Å². The molecule has 0 N–H and O–H groups in total. The van der Waals surface area contributed by atoms with Crippen LogP contribution < -0.4 is 4.57 Å². The van der Waals surface area contributed by atoms with Crippen molar-refractivity contribution in [2.75, 3.05) is 0 Å². The molecule has 194 valence electrons. The average Bonchev–Trinajstić information content (AvgIpc) is 3.22. The van der Waals surface area contributed by atoms with Gasteiger partial charge >= 0.3 is 0 Å². The molecule has 0 saturated heterocycles. The molecule has 2 nitrogen and oxygen atoms in total. The molecule has 33 heavy (non-hydrogen) atoms. The van der Waals surface area contributed by atoms with Crippen LogP contribution in [0.15, 0.2) is 12.4 Å². The van der Waals surface area contributed by atoms with Crippen LogP contribution in [-0.2, 0) is 19.5 Å². The van der Waals surface area contributed by atoms with Gasteiger partial charge in [0.25, 0.3) is 5.82 Å². The molecule has 0 spiro atoms. The molecular weight excluding hydrogens is 400 g/mol. The second kappa shape index (κ2) is 23.0. The van der Waals surface area contributed by atoms with Crippen molar-refractivity contribution in [3.63, 3.8) is 0 Å². The maximum atomic E-state index is 2.56. The largest absolute Gasteiger partial charge is 0.256 e. The van der Waals surface area contributed by atoms with E-state index in [-0.39, 0.29) is 0 Å². The van der Waals surface area contributed by atoms with E-state index < -0.39 is 0 Å². The highest BCUT2D eigenvalue weighted by Crippen LogP contribution is 2.14. The molecule has 0 aliphatic rings. The van der Waals surface area contributed by atoms with E-state index in [4.69, 9.17) is 0 Å². The molecule has 0 unspecified atom stereocenters. The van der Waals surface area contributed by atoms with E-state index >= 15 is 0 Å². The highest BCUT2D eigenvalue weighted by atomic mass is 15.1. The van der Waals surface area contributed by atoms with Gasteiger partial charge in [0.1, 0.15) is 12.4 Å². The summed E-state index contributed by atoms with van der Waals surface area (Å²) in [7, 11) is 0. The van der Waals surface area contributed by atoms with E-state index in [9.17, 15) is 0 Å². The second-order valence-corrected chi connectivity index (χ2v) is 10.5. The average molecular weight is 462 g/mol. The summed E-state index contributed by atoms with van der Waals surface area (Å²) in [6, 6.07) is 0. The van der Waals surface area contributed by atoms with Crippen LogP contribution in [-0.4, -0.2) is 4.57 Å². The highest BCUT2D eigenvalue weighted by Gasteiger charge is 2.15. The zero-order valence-corrected chi connectivity index (χ0v) is 23.2. The molecule has 0 fully saturated rings. The van der Waals surface area contributed by atoms with Gasteiger partial charge in [-0.2, -0.15) is 0 Å². The Hall–Kier alpha value is -0.790. The summed E-state index contributed by atoms with van der Waals surface area (Å²) in [5.41, 5.74) is 0. The number of imidazole rings is 1. The van der Waals surface area contributed by atoms with Crippen molar-refractivity contribution in [3.05, 3.63) is 18.2 Å². The number of aryl methyl sites for hydroxylation is 2. The van der Waals surface area contributed by atoms with Crippen molar-refractivity contribution in [3.8, 4) is 0 Å². The Morgan fingerprint density at radius 1 is 0.515 bits per heavy atom. The van der Waals surface area contributed by atoms with Gasteiger partial charge in [0.2, 0.25) is 0 Å². The topological polar surface area (TPSA) is 8.81 Å². The lowest BCUT2D eigenvalue weighted by Gasteiger charge is -2.06. The molecule has 1 rings (SSSR count). The third-order valence-corrected chi connectivity index (χ3v) is 7.44. The third kappa shape index (κ3) is 16.5. The van der Waals surface area contributed by atoms with E-state index in [0.29, 0.717) is 0 Å². The molecule has 0 saturated carbocycles. The lowest BCUT2D eigenvalue weighted by Crippen LogP contribution is -2.37. The maximum absolute atomic E-state index is 2.56. The minimum Gasteiger partial charge on any atom is -0.235 e. The van der Waals surface area contributed by atoms with Gasteiger partial charge in [-0.25, -0.2) is 9.13 Å². The summed E-state index contributed by atoms with van der Waals surface area (Å²) in [6.07, 6.45) is 37.4. The van der Waals surface area contributed by atoms with Crippen molar-refractivity contribution in [1.82, 2.24) is 4.57 Å². The van der Waals surface area contributed by atoms with Crippen molar-refractivity contribution >= 4 is 0 Å². The van der Waals surface area contributed by atoms with Crippen molar-refractivity contribution in [1.29, 1.82) is 0 Å². The lowest BCUT2D eigenvalue weighted by atomic mass is 10.0. The minimum atomic E-state index is 1.11. The molecule has 1 aromatic rings. The first kappa shape index (κ1) is 30.2. The van der Waals surface area contributed by atoms with Gasteiger partial charge in [0.05, 0.1) is 13.1 Å². The summed E-state index contributed by atoms with van der Waals surface area (Å²) in [4.78, 5) is 0. The smallest absolute Gasteiger partial charge is 0.235 e. The van der Waals surface area contributed by atoms with Gasteiger partial charge < -0.3 is 0 Å². The van der Waals surface area contributed by atoms with E-state index in [1.54, 1.807) is 5.82 Å². The van der Waals surface area contributed by atoms with Crippen LogP contribution in [0.2, 0.25) is 0 Å². The number of hydrogen-bond acceptors (Lipinski definition) is 0. The van der Waals surface area contributed by atoms with Crippen molar-refractivity contribution in [2.45, 2.75) is 182 Å². The summed E-state index contributed by atoms with van der Waals surface area (Å²) in [5.74, 6) is 1.57. The molecular formula is C31H61N2+. The van der Waals surface area contributed by atoms with Crippen LogP contribution in [0.5, 0.6) is 0 Å². The minimum absolute atomic E-state index is 1.11. The zero-order chi connectivity index (χ0) is 23.8. The normalized spacial score (nSPS) is 11.5. The number of aromatic nitrogens is 2.